The highest BCUT2D eigenvalue weighted by atomic mass is 35.5. The second-order valence-corrected chi connectivity index (χ2v) is 6.04. The van der Waals surface area contributed by atoms with Gasteiger partial charge in [-0.2, -0.15) is 26.9 Å². The van der Waals surface area contributed by atoms with E-state index in [-0.39, 0.29) is 28.1 Å². The summed E-state index contributed by atoms with van der Waals surface area (Å²) in [6, 6.07) is 1.75. The highest BCUT2D eigenvalue weighted by molar-refractivity contribution is 6.34. The van der Waals surface area contributed by atoms with Crippen LogP contribution in [-0.2, 0) is 12.7 Å². The molecule has 0 saturated heterocycles. The summed E-state index contributed by atoms with van der Waals surface area (Å²) in [4.78, 5) is 10.9. The van der Waals surface area contributed by atoms with E-state index in [4.69, 9.17) is 18.0 Å². The van der Waals surface area contributed by atoms with Crippen LogP contribution >= 0.6 is 11.6 Å². The summed E-state index contributed by atoms with van der Waals surface area (Å²) >= 11 is 5.98. The van der Waals surface area contributed by atoms with Crippen LogP contribution in [0.15, 0.2) is 12.1 Å². The fourth-order valence-corrected chi connectivity index (χ4v) is 2.90. The summed E-state index contributed by atoms with van der Waals surface area (Å²) in [5.74, 6) is -1.04. The van der Waals surface area contributed by atoms with Gasteiger partial charge in [0.15, 0.2) is 0 Å². The van der Waals surface area contributed by atoms with E-state index in [1.807, 2.05) is 0 Å². The predicted molar refractivity (Wildman–Crippen MR) is 90.9 cm³/mol. The zero-order valence-electron chi connectivity index (χ0n) is 14.4. The lowest BCUT2D eigenvalue weighted by atomic mass is 10.1. The van der Waals surface area contributed by atoms with Crippen molar-refractivity contribution in [1.82, 2.24) is 19.5 Å². The number of halogens is 7. The van der Waals surface area contributed by atoms with Crippen LogP contribution in [0.3, 0.4) is 0 Å². The number of benzene rings is 1. The number of fused-ring (bicyclic) bond motifs is 1. The molecule has 0 radical (unpaired) electrons. The number of ether oxygens (including phenoxy) is 1. The minimum atomic E-state index is -4.84. The zero-order chi connectivity index (χ0) is 21.5. The van der Waals surface area contributed by atoms with Crippen LogP contribution in [0.5, 0.6) is 5.88 Å². The molecule has 0 spiro atoms. The number of aryl methyl sites for hydroxylation is 1. The van der Waals surface area contributed by atoms with Gasteiger partial charge in [-0.3, -0.25) is 0 Å². The number of rotatable bonds is 4. The first-order valence-electron chi connectivity index (χ1n) is 7.72. The number of hydrogen-bond donors (Lipinski definition) is 0. The van der Waals surface area contributed by atoms with Crippen LogP contribution in [0.4, 0.5) is 26.3 Å². The summed E-state index contributed by atoms with van der Waals surface area (Å²) < 4.78 is 84.4. The zero-order valence-corrected chi connectivity index (χ0v) is 15.1. The molecular weight excluding hydrogens is 426 g/mol. The van der Waals surface area contributed by atoms with E-state index in [9.17, 15) is 26.3 Å². The van der Waals surface area contributed by atoms with Crippen molar-refractivity contribution >= 4 is 22.6 Å². The second kappa shape index (κ2) is 7.44. The Morgan fingerprint density at radius 3 is 2.52 bits per heavy atom. The normalized spacial score (nSPS) is 11.9. The molecule has 0 atom stereocenters. The van der Waals surface area contributed by atoms with Crippen molar-refractivity contribution in [1.29, 1.82) is 0 Å². The van der Waals surface area contributed by atoms with Crippen molar-refractivity contribution in [3.8, 4) is 29.5 Å². The highest BCUT2D eigenvalue weighted by Crippen LogP contribution is 2.38. The van der Waals surface area contributed by atoms with Crippen LogP contribution in [0.1, 0.15) is 11.6 Å². The largest absolute Gasteiger partial charge is 0.449 e. The maximum atomic E-state index is 14.7. The van der Waals surface area contributed by atoms with E-state index in [0.717, 1.165) is 12.1 Å². The minimum Gasteiger partial charge on any atom is -0.415 e. The molecule has 0 aliphatic carbocycles. The summed E-state index contributed by atoms with van der Waals surface area (Å²) in [5, 5.41) is -0.534. The van der Waals surface area contributed by atoms with Crippen molar-refractivity contribution in [2.75, 3.05) is 0 Å². The SMILES string of the molecule is C#CCn1c(C(F)(F)F)nc2cc(F)c(-c3nc(C)nc(OC(F)F)c3Cl)cc21. The molecule has 1 aromatic carbocycles. The Labute approximate surface area is 164 Å². The molecule has 12 heteroatoms. The molecule has 0 unspecified atom stereocenters. The van der Waals surface area contributed by atoms with Crippen molar-refractivity contribution in [2.24, 2.45) is 0 Å². The Bertz CT molecular complexity index is 1140. The first-order chi connectivity index (χ1) is 13.5. The molecule has 3 aromatic rings. The van der Waals surface area contributed by atoms with Crippen LogP contribution in [0, 0.1) is 25.1 Å². The predicted octanol–water partition coefficient (Wildman–Crippen LogP) is 4.85. The first kappa shape index (κ1) is 20.7. The number of aromatic nitrogens is 4. The van der Waals surface area contributed by atoms with Crippen molar-refractivity contribution in [2.45, 2.75) is 26.3 Å². The van der Waals surface area contributed by atoms with E-state index in [1.165, 1.54) is 6.92 Å². The third-order valence-electron chi connectivity index (χ3n) is 3.73. The van der Waals surface area contributed by atoms with Crippen LogP contribution < -0.4 is 4.74 Å². The van der Waals surface area contributed by atoms with Gasteiger partial charge in [-0.25, -0.2) is 14.4 Å². The molecular formula is C17H9ClF6N4O. The minimum absolute atomic E-state index is 0.0762. The van der Waals surface area contributed by atoms with Gasteiger partial charge in [-0.15, -0.1) is 6.42 Å². The molecule has 2 heterocycles. The fraction of sp³-hybridized carbons (Fsp3) is 0.235. The molecule has 3 rings (SSSR count). The van der Waals surface area contributed by atoms with Crippen molar-refractivity contribution in [3.63, 3.8) is 0 Å². The van der Waals surface area contributed by atoms with E-state index in [1.54, 1.807) is 0 Å². The van der Waals surface area contributed by atoms with Crippen molar-refractivity contribution in [3.05, 3.63) is 34.6 Å². The molecule has 0 N–H and O–H groups in total. The van der Waals surface area contributed by atoms with Gasteiger partial charge in [-0.05, 0) is 13.0 Å². The number of alkyl halides is 5. The summed E-state index contributed by atoms with van der Waals surface area (Å²) in [5.41, 5.74) is -1.15. The molecule has 152 valence electrons. The Morgan fingerprint density at radius 1 is 1.24 bits per heavy atom. The molecule has 29 heavy (non-hydrogen) atoms. The van der Waals surface area contributed by atoms with Crippen molar-refractivity contribution < 1.29 is 31.1 Å². The van der Waals surface area contributed by atoms with E-state index < -0.39 is 41.9 Å². The van der Waals surface area contributed by atoms with Crippen LogP contribution in [0.2, 0.25) is 5.02 Å². The summed E-state index contributed by atoms with van der Waals surface area (Å²) in [6.45, 7) is -2.43. The highest BCUT2D eigenvalue weighted by Gasteiger charge is 2.37. The number of terminal acetylenes is 1. The lowest BCUT2D eigenvalue weighted by Gasteiger charge is -2.12. The van der Waals surface area contributed by atoms with E-state index in [0.29, 0.717) is 4.57 Å². The second-order valence-electron chi connectivity index (χ2n) is 5.66. The van der Waals surface area contributed by atoms with E-state index >= 15 is 0 Å². The van der Waals surface area contributed by atoms with Gasteiger partial charge in [0.1, 0.15) is 16.7 Å². The van der Waals surface area contributed by atoms with Gasteiger partial charge in [0.2, 0.25) is 11.7 Å². The molecule has 0 bridgehead atoms. The van der Waals surface area contributed by atoms with Crippen LogP contribution in [0.25, 0.3) is 22.3 Å². The van der Waals surface area contributed by atoms with Gasteiger partial charge >= 0.3 is 12.8 Å². The molecule has 0 fully saturated rings. The van der Waals surface area contributed by atoms with Gasteiger partial charge in [0.05, 0.1) is 23.3 Å². The Morgan fingerprint density at radius 2 is 1.93 bits per heavy atom. The van der Waals surface area contributed by atoms with E-state index in [2.05, 4.69) is 25.6 Å². The number of nitrogens with zero attached hydrogens (tertiary/aromatic N) is 4. The van der Waals surface area contributed by atoms with Gasteiger partial charge in [-0.1, -0.05) is 17.5 Å². The Balaban J connectivity index is 2.29. The monoisotopic (exact) mass is 434 g/mol. The van der Waals surface area contributed by atoms with Gasteiger partial charge in [0, 0.05) is 11.6 Å². The quantitative estimate of drug-likeness (QED) is 0.435. The first-order valence-corrected chi connectivity index (χ1v) is 8.10. The molecule has 0 aliphatic rings. The topological polar surface area (TPSA) is 52.8 Å². The molecule has 0 saturated carbocycles. The third-order valence-corrected chi connectivity index (χ3v) is 4.07. The average Bonchev–Trinajstić information content (AvgIpc) is 2.95. The molecule has 0 aliphatic heterocycles. The number of imidazole rings is 1. The molecule has 2 aromatic heterocycles. The Kier molecular flexibility index (Phi) is 5.32. The lowest BCUT2D eigenvalue weighted by Crippen LogP contribution is -2.14. The smallest absolute Gasteiger partial charge is 0.415 e. The molecule has 0 amide bonds. The standard InChI is InChI=1S/C17H9ClF6N4O/c1-3-4-28-11-5-8(9(19)6-10(11)27-15(28)17(22,23)24)13-12(18)14(29-16(20)21)26-7(2)25-13/h1,5-6,16H,4H2,2H3. The third kappa shape index (κ3) is 3.93. The summed E-state index contributed by atoms with van der Waals surface area (Å²) in [7, 11) is 0. The lowest BCUT2D eigenvalue weighted by molar-refractivity contribution is -0.146. The van der Waals surface area contributed by atoms with Crippen LogP contribution in [-0.4, -0.2) is 26.1 Å². The average molecular weight is 435 g/mol. The Hall–Kier alpha value is -3.00. The van der Waals surface area contributed by atoms with Gasteiger partial charge in [0.25, 0.3) is 0 Å². The maximum absolute atomic E-state index is 14.7. The summed E-state index contributed by atoms with van der Waals surface area (Å²) in [6.07, 6.45) is 0.304. The molecule has 5 nitrogen and oxygen atoms in total. The van der Waals surface area contributed by atoms with Gasteiger partial charge < -0.3 is 9.30 Å². The number of hydrogen-bond acceptors (Lipinski definition) is 4. The fourth-order valence-electron chi connectivity index (χ4n) is 2.67. The maximum Gasteiger partial charge on any atom is 0.449 e.